The van der Waals surface area contributed by atoms with E-state index in [1.165, 1.54) is 11.0 Å². The summed E-state index contributed by atoms with van der Waals surface area (Å²) < 4.78 is 38.7. The Morgan fingerprint density at radius 3 is 2.74 bits per heavy atom. The van der Waals surface area contributed by atoms with E-state index in [1.54, 1.807) is 25.2 Å². The average Bonchev–Trinajstić information content (AvgIpc) is 2.78. The monoisotopic (exact) mass is 474 g/mol. The van der Waals surface area contributed by atoms with Gasteiger partial charge in [0.25, 0.3) is 5.91 Å². The smallest absolute Gasteiger partial charge is 0.348 e. The minimum Gasteiger partial charge on any atom is -0.348 e. The predicted molar refractivity (Wildman–Crippen MR) is 114 cm³/mol. The quantitative estimate of drug-likeness (QED) is 0.651. The fourth-order valence-electron chi connectivity index (χ4n) is 4.21. The number of carbonyl (C=O) groups is 4. The van der Waals surface area contributed by atoms with Gasteiger partial charge < -0.3 is 5.32 Å². The molecule has 3 unspecified atom stereocenters. The summed E-state index contributed by atoms with van der Waals surface area (Å²) in [6.07, 6.45) is 0.783. The van der Waals surface area contributed by atoms with Crippen molar-refractivity contribution in [1.29, 1.82) is 0 Å². The number of carbonyl (C=O) groups excluding carboxylic acids is 4. The van der Waals surface area contributed by atoms with Gasteiger partial charge in [0.05, 0.1) is 17.5 Å². The number of nitrogens with zero attached hydrogens (tertiary/aromatic N) is 2. The molecule has 4 rings (SSSR count). The Bertz CT molecular complexity index is 1160. The molecule has 8 nitrogen and oxygen atoms in total. The first-order valence-electron chi connectivity index (χ1n) is 10.6. The van der Waals surface area contributed by atoms with Crippen LogP contribution >= 0.6 is 0 Å². The van der Waals surface area contributed by atoms with Crippen molar-refractivity contribution in [2.45, 2.75) is 38.0 Å². The number of benzene rings is 1. The first-order chi connectivity index (χ1) is 16.0. The number of alkyl halides is 3. The predicted octanol–water partition coefficient (Wildman–Crippen LogP) is 1.98. The number of nitrogens with one attached hydrogen (secondary N) is 2. The normalized spacial score (nSPS) is 24.8. The third-order valence-electron chi connectivity index (χ3n) is 5.90. The third kappa shape index (κ3) is 4.63. The second-order valence-corrected chi connectivity index (χ2v) is 8.23. The van der Waals surface area contributed by atoms with Crippen LogP contribution in [-0.4, -0.2) is 53.0 Å². The standard InChI is InChI=1S/C23H21F3N4O4/c1-12-28-17-6-5-13(11-27-20(32)14-3-2-4-15(10-14)23(24,25)26)9-16(17)22(34)30(12)18-7-8-19(31)29-21(18)33/h2-6,9-10,16-18H,7-8,11H2,1H3,(H,27,32)(H,29,31,33). The molecule has 1 aromatic rings. The molecule has 34 heavy (non-hydrogen) atoms. The van der Waals surface area contributed by atoms with Gasteiger partial charge in [-0.25, -0.2) is 0 Å². The van der Waals surface area contributed by atoms with Crippen molar-refractivity contribution in [3.63, 3.8) is 0 Å². The summed E-state index contributed by atoms with van der Waals surface area (Å²) in [5.41, 5.74) is -0.478. The fourth-order valence-corrected chi connectivity index (χ4v) is 4.21. The first-order valence-corrected chi connectivity index (χ1v) is 10.6. The summed E-state index contributed by atoms with van der Waals surface area (Å²) in [4.78, 5) is 55.2. The number of piperidine rings is 1. The van der Waals surface area contributed by atoms with Crippen LogP contribution in [0.4, 0.5) is 13.2 Å². The third-order valence-corrected chi connectivity index (χ3v) is 5.90. The van der Waals surface area contributed by atoms with Crippen LogP contribution in [0.15, 0.2) is 53.1 Å². The molecule has 1 aliphatic carbocycles. The number of halogens is 3. The molecule has 0 radical (unpaired) electrons. The molecule has 1 aromatic carbocycles. The molecule has 0 bridgehead atoms. The van der Waals surface area contributed by atoms with Gasteiger partial charge in [-0.1, -0.05) is 24.3 Å². The van der Waals surface area contributed by atoms with E-state index in [0.717, 1.165) is 18.2 Å². The highest BCUT2D eigenvalue weighted by atomic mass is 19.4. The van der Waals surface area contributed by atoms with Crippen molar-refractivity contribution in [3.05, 3.63) is 59.2 Å². The molecule has 0 spiro atoms. The second kappa shape index (κ2) is 8.88. The topological polar surface area (TPSA) is 108 Å². The Kier molecular flexibility index (Phi) is 6.11. The number of rotatable bonds is 4. The highest BCUT2D eigenvalue weighted by molar-refractivity contribution is 6.08. The minimum atomic E-state index is -4.56. The van der Waals surface area contributed by atoms with Crippen molar-refractivity contribution in [2.24, 2.45) is 10.9 Å². The van der Waals surface area contributed by atoms with Gasteiger partial charge in [0.15, 0.2) is 0 Å². The van der Waals surface area contributed by atoms with Crippen molar-refractivity contribution < 1.29 is 32.3 Å². The van der Waals surface area contributed by atoms with E-state index in [-0.39, 0.29) is 30.9 Å². The summed E-state index contributed by atoms with van der Waals surface area (Å²) in [7, 11) is 0. The molecular formula is C23H21F3N4O4. The van der Waals surface area contributed by atoms with E-state index in [0.29, 0.717) is 11.4 Å². The molecule has 1 saturated heterocycles. The van der Waals surface area contributed by atoms with E-state index in [9.17, 15) is 32.3 Å². The van der Waals surface area contributed by atoms with Crippen LogP contribution in [-0.2, 0) is 20.6 Å². The van der Waals surface area contributed by atoms with E-state index in [4.69, 9.17) is 0 Å². The summed E-state index contributed by atoms with van der Waals surface area (Å²) >= 11 is 0. The van der Waals surface area contributed by atoms with Gasteiger partial charge in [0.2, 0.25) is 17.7 Å². The van der Waals surface area contributed by atoms with E-state index >= 15 is 0 Å². The molecule has 2 heterocycles. The maximum absolute atomic E-state index is 13.2. The zero-order chi connectivity index (χ0) is 24.6. The highest BCUT2D eigenvalue weighted by Crippen LogP contribution is 2.30. The summed E-state index contributed by atoms with van der Waals surface area (Å²) in [5.74, 6) is -2.31. The molecule has 1 fully saturated rings. The van der Waals surface area contributed by atoms with Gasteiger partial charge in [-0.05, 0) is 37.1 Å². The summed E-state index contributed by atoms with van der Waals surface area (Å²) in [6.45, 7) is 1.61. The molecular weight excluding hydrogens is 453 g/mol. The molecule has 3 aliphatic rings. The lowest BCUT2D eigenvalue weighted by molar-refractivity contribution is -0.144. The first kappa shape index (κ1) is 23.4. The number of hydrogen-bond donors (Lipinski definition) is 2. The highest BCUT2D eigenvalue weighted by Gasteiger charge is 2.43. The maximum Gasteiger partial charge on any atom is 0.416 e. The number of hydrogen-bond acceptors (Lipinski definition) is 5. The summed E-state index contributed by atoms with van der Waals surface area (Å²) in [5, 5.41) is 4.80. The number of amidine groups is 1. The Morgan fingerprint density at radius 1 is 1.26 bits per heavy atom. The fraction of sp³-hybridized carbons (Fsp3) is 0.348. The minimum absolute atomic E-state index is 0.0107. The Balaban J connectivity index is 1.46. The summed E-state index contributed by atoms with van der Waals surface area (Å²) in [6, 6.07) is 2.79. The Morgan fingerprint density at radius 2 is 2.03 bits per heavy atom. The second-order valence-electron chi connectivity index (χ2n) is 8.23. The largest absolute Gasteiger partial charge is 0.416 e. The van der Waals surface area contributed by atoms with Gasteiger partial charge in [-0.3, -0.25) is 34.4 Å². The van der Waals surface area contributed by atoms with Crippen molar-refractivity contribution in [1.82, 2.24) is 15.5 Å². The molecule has 178 valence electrons. The van der Waals surface area contributed by atoms with Crippen LogP contribution in [0.5, 0.6) is 0 Å². The maximum atomic E-state index is 13.2. The van der Waals surface area contributed by atoms with Gasteiger partial charge in [0, 0.05) is 18.5 Å². The molecule has 2 aliphatic heterocycles. The molecule has 4 amide bonds. The zero-order valence-electron chi connectivity index (χ0n) is 18.1. The van der Waals surface area contributed by atoms with Crippen molar-refractivity contribution in [2.75, 3.05) is 6.54 Å². The van der Waals surface area contributed by atoms with Gasteiger partial charge in [-0.2, -0.15) is 13.2 Å². The molecule has 2 N–H and O–H groups in total. The van der Waals surface area contributed by atoms with Gasteiger partial charge in [0.1, 0.15) is 11.9 Å². The van der Waals surface area contributed by atoms with Gasteiger partial charge in [-0.15, -0.1) is 0 Å². The van der Waals surface area contributed by atoms with Crippen LogP contribution in [0.25, 0.3) is 0 Å². The number of aliphatic imine (C=N–C) groups is 1. The lowest BCUT2D eigenvalue weighted by Gasteiger charge is -2.39. The van der Waals surface area contributed by atoms with Crippen molar-refractivity contribution in [3.8, 4) is 0 Å². The van der Waals surface area contributed by atoms with Crippen LogP contribution < -0.4 is 10.6 Å². The van der Waals surface area contributed by atoms with E-state index in [2.05, 4.69) is 15.6 Å². The van der Waals surface area contributed by atoms with E-state index < -0.39 is 47.5 Å². The zero-order valence-corrected chi connectivity index (χ0v) is 18.1. The molecule has 11 heteroatoms. The number of imide groups is 1. The molecule has 3 atom stereocenters. The van der Waals surface area contributed by atoms with Gasteiger partial charge >= 0.3 is 6.18 Å². The lowest BCUT2D eigenvalue weighted by atomic mass is 9.87. The molecule has 0 saturated carbocycles. The molecule has 0 aromatic heterocycles. The number of fused-ring (bicyclic) bond motifs is 1. The van der Waals surface area contributed by atoms with Crippen LogP contribution in [0.3, 0.4) is 0 Å². The van der Waals surface area contributed by atoms with Crippen LogP contribution in [0, 0.1) is 5.92 Å². The van der Waals surface area contributed by atoms with Crippen molar-refractivity contribution >= 4 is 29.5 Å². The average molecular weight is 474 g/mol. The van der Waals surface area contributed by atoms with E-state index in [1.807, 2.05) is 0 Å². The lowest BCUT2D eigenvalue weighted by Crippen LogP contribution is -2.59. The Labute approximate surface area is 192 Å². The van der Waals surface area contributed by atoms with Crippen LogP contribution in [0.1, 0.15) is 35.7 Å². The SMILES string of the molecule is CC1=NC2C=CC(CNC(=O)c3cccc(C(F)(F)F)c3)=CC2C(=O)N1C1CCC(=O)NC1=O. The van der Waals surface area contributed by atoms with Crippen LogP contribution in [0.2, 0.25) is 0 Å². The Hall–Kier alpha value is -3.76. The number of amides is 4.